The topological polar surface area (TPSA) is 62.0 Å². The third-order valence-electron chi connectivity index (χ3n) is 3.45. The summed E-state index contributed by atoms with van der Waals surface area (Å²) in [6, 6.07) is 7.54. The molecule has 4 N–H and O–H groups in total. The molecular weight excluding hydrogens is 200 g/mol. The van der Waals surface area contributed by atoms with Gasteiger partial charge in [-0.15, -0.1) is 0 Å². The van der Waals surface area contributed by atoms with E-state index in [0.717, 1.165) is 36.6 Å². The molecule has 0 unspecified atom stereocenters. The zero-order valence-electron chi connectivity index (χ0n) is 9.16. The van der Waals surface area contributed by atoms with Crippen LogP contribution in [-0.4, -0.2) is 15.6 Å². The normalized spacial score (nSPS) is 17.8. The summed E-state index contributed by atoms with van der Waals surface area (Å²) in [4.78, 5) is 3.32. The van der Waals surface area contributed by atoms with Gasteiger partial charge in [-0.2, -0.15) is 0 Å². The number of rotatable bonds is 3. The van der Waals surface area contributed by atoms with Crippen LogP contribution in [0.3, 0.4) is 0 Å². The SMILES string of the molecule is NC1(CCc2cc3ccc(O)cc3[nH]2)CC1. The fraction of sp³-hybridized carbons (Fsp3) is 0.385. The Morgan fingerprint density at radius 2 is 2.12 bits per heavy atom. The molecular formula is C13H16N2O. The average Bonchev–Trinajstić information content (AvgIpc) is 2.85. The van der Waals surface area contributed by atoms with E-state index in [0.29, 0.717) is 5.75 Å². The molecule has 1 aliphatic carbocycles. The van der Waals surface area contributed by atoms with Crippen molar-refractivity contribution in [3.8, 4) is 5.75 Å². The molecule has 0 amide bonds. The molecule has 0 saturated heterocycles. The molecule has 3 rings (SSSR count). The van der Waals surface area contributed by atoms with Gasteiger partial charge in [0.1, 0.15) is 5.75 Å². The lowest BCUT2D eigenvalue weighted by atomic mass is 10.1. The van der Waals surface area contributed by atoms with Gasteiger partial charge >= 0.3 is 0 Å². The molecule has 0 aliphatic heterocycles. The highest BCUT2D eigenvalue weighted by Gasteiger charge is 2.37. The highest BCUT2D eigenvalue weighted by Crippen LogP contribution is 2.36. The summed E-state index contributed by atoms with van der Waals surface area (Å²) in [5, 5.41) is 10.5. The van der Waals surface area contributed by atoms with Crippen molar-refractivity contribution in [1.82, 2.24) is 4.98 Å². The highest BCUT2D eigenvalue weighted by molar-refractivity contribution is 5.81. The van der Waals surface area contributed by atoms with Crippen molar-refractivity contribution < 1.29 is 5.11 Å². The molecule has 1 saturated carbocycles. The first-order chi connectivity index (χ1) is 7.65. The van der Waals surface area contributed by atoms with E-state index >= 15 is 0 Å². The van der Waals surface area contributed by atoms with Crippen molar-refractivity contribution in [2.24, 2.45) is 5.73 Å². The number of aromatic nitrogens is 1. The highest BCUT2D eigenvalue weighted by atomic mass is 16.3. The fourth-order valence-electron chi connectivity index (χ4n) is 2.10. The van der Waals surface area contributed by atoms with Gasteiger partial charge in [0.2, 0.25) is 0 Å². The zero-order valence-corrected chi connectivity index (χ0v) is 9.16. The summed E-state index contributed by atoms with van der Waals surface area (Å²) in [5.74, 6) is 0.304. The maximum absolute atomic E-state index is 9.37. The predicted molar refractivity (Wildman–Crippen MR) is 64.4 cm³/mol. The van der Waals surface area contributed by atoms with Gasteiger partial charge in [0, 0.05) is 22.8 Å². The van der Waals surface area contributed by atoms with E-state index in [1.807, 2.05) is 6.07 Å². The van der Waals surface area contributed by atoms with E-state index in [4.69, 9.17) is 5.73 Å². The zero-order chi connectivity index (χ0) is 11.2. The van der Waals surface area contributed by atoms with Gasteiger partial charge in [-0.1, -0.05) is 0 Å². The monoisotopic (exact) mass is 216 g/mol. The maximum Gasteiger partial charge on any atom is 0.117 e. The molecule has 0 bridgehead atoms. The van der Waals surface area contributed by atoms with Gasteiger partial charge in [-0.3, -0.25) is 0 Å². The molecule has 2 aromatic rings. The molecule has 1 fully saturated rings. The van der Waals surface area contributed by atoms with Crippen LogP contribution in [0.15, 0.2) is 24.3 Å². The molecule has 0 spiro atoms. The number of nitrogens with one attached hydrogen (secondary N) is 1. The van der Waals surface area contributed by atoms with Crippen LogP contribution in [0.1, 0.15) is 25.0 Å². The number of aromatic hydroxyl groups is 1. The Bertz CT molecular complexity index is 526. The minimum Gasteiger partial charge on any atom is -0.508 e. The molecule has 16 heavy (non-hydrogen) atoms. The lowest BCUT2D eigenvalue weighted by molar-refractivity contribution is 0.476. The van der Waals surface area contributed by atoms with Gasteiger partial charge in [0.15, 0.2) is 0 Å². The van der Waals surface area contributed by atoms with Crippen LogP contribution in [-0.2, 0) is 6.42 Å². The molecule has 84 valence electrons. The molecule has 3 nitrogen and oxygen atoms in total. The smallest absolute Gasteiger partial charge is 0.117 e. The van der Waals surface area contributed by atoms with E-state index < -0.39 is 0 Å². The Balaban J connectivity index is 1.82. The number of aryl methyl sites for hydroxylation is 1. The minimum absolute atomic E-state index is 0.111. The Hall–Kier alpha value is -1.48. The maximum atomic E-state index is 9.37. The van der Waals surface area contributed by atoms with Crippen LogP contribution in [0.25, 0.3) is 10.9 Å². The average molecular weight is 216 g/mol. The van der Waals surface area contributed by atoms with Gasteiger partial charge in [-0.25, -0.2) is 0 Å². The summed E-state index contributed by atoms with van der Waals surface area (Å²) in [7, 11) is 0. The number of benzene rings is 1. The number of hydrogen-bond donors (Lipinski definition) is 3. The van der Waals surface area contributed by atoms with Crippen LogP contribution in [0.5, 0.6) is 5.75 Å². The van der Waals surface area contributed by atoms with Crippen molar-refractivity contribution in [1.29, 1.82) is 0 Å². The summed E-state index contributed by atoms with van der Waals surface area (Å²) >= 11 is 0. The molecule has 1 aromatic carbocycles. The molecule has 0 atom stereocenters. The predicted octanol–water partition coefficient (Wildman–Crippen LogP) is 2.30. The fourth-order valence-corrected chi connectivity index (χ4v) is 2.10. The van der Waals surface area contributed by atoms with Crippen LogP contribution in [0.4, 0.5) is 0 Å². The van der Waals surface area contributed by atoms with Crippen molar-refractivity contribution in [2.75, 3.05) is 0 Å². The van der Waals surface area contributed by atoms with Crippen LogP contribution >= 0.6 is 0 Å². The van der Waals surface area contributed by atoms with E-state index in [9.17, 15) is 5.11 Å². The third kappa shape index (κ3) is 1.78. The van der Waals surface area contributed by atoms with E-state index in [2.05, 4.69) is 11.1 Å². The second-order valence-electron chi connectivity index (χ2n) is 4.93. The molecule has 3 heteroatoms. The van der Waals surface area contributed by atoms with Crippen LogP contribution < -0.4 is 5.73 Å². The quantitative estimate of drug-likeness (QED) is 0.737. The number of phenols is 1. The second-order valence-corrected chi connectivity index (χ2v) is 4.93. The van der Waals surface area contributed by atoms with Crippen LogP contribution in [0.2, 0.25) is 0 Å². The van der Waals surface area contributed by atoms with Gasteiger partial charge in [0.25, 0.3) is 0 Å². The molecule has 1 aromatic heterocycles. The first kappa shape index (κ1) is 9.73. The third-order valence-corrected chi connectivity index (χ3v) is 3.45. The van der Waals surface area contributed by atoms with Gasteiger partial charge in [0.05, 0.1) is 0 Å². The first-order valence-electron chi connectivity index (χ1n) is 5.74. The number of phenolic OH excluding ortho intramolecular Hbond substituents is 1. The summed E-state index contributed by atoms with van der Waals surface area (Å²) < 4.78 is 0. The van der Waals surface area contributed by atoms with Crippen molar-refractivity contribution in [3.05, 3.63) is 30.0 Å². The summed E-state index contributed by atoms with van der Waals surface area (Å²) in [6.45, 7) is 0. The number of fused-ring (bicyclic) bond motifs is 1. The van der Waals surface area contributed by atoms with E-state index in [1.165, 1.54) is 5.69 Å². The van der Waals surface area contributed by atoms with Crippen molar-refractivity contribution in [2.45, 2.75) is 31.2 Å². The Labute approximate surface area is 94.3 Å². The number of nitrogens with two attached hydrogens (primary N) is 1. The summed E-state index contributed by atoms with van der Waals surface area (Å²) in [6.07, 6.45) is 4.36. The van der Waals surface area contributed by atoms with Crippen molar-refractivity contribution >= 4 is 10.9 Å². The van der Waals surface area contributed by atoms with Gasteiger partial charge in [-0.05, 0) is 49.3 Å². The van der Waals surface area contributed by atoms with E-state index in [-0.39, 0.29) is 5.54 Å². The minimum atomic E-state index is 0.111. The second kappa shape index (κ2) is 3.25. The number of aromatic amines is 1. The molecule has 1 aliphatic rings. The van der Waals surface area contributed by atoms with Crippen molar-refractivity contribution in [3.63, 3.8) is 0 Å². The lowest BCUT2D eigenvalue weighted by Gasteiger charge is -2.05. The lowest BCUT2D eigenvalue weighted by Crippen LogP contribution is -2.22. The van der Waals surface area contributed by atoms with E-state index in [1.54, 1.807) is 12.1 Å². The molecule has 1 heterocycles. The standard InChI is InChI=1S/C13H16N2O/c14-13(5-6-13)4-3-10-7-9-1-2-11(16)8-12(9)15-10/h1-2,7-8,15-16H,3-6,14H2. The largest absolute Gasteiger partial charge is 0.508 e. The summed E-state index contributed by atoms with van der Waals surface area (Å²) in [5.41, 5.74) is 8.37. The van der Waals surface area contributed by atoms with Crippen LogP contribution in [0, 0.1) is 0 Å². The Morgan fingerprint density at radius 3 is 2.88 bits per heavy atom. The first-order valence-corrected chi connectivity index (χ1v) is 5.74. The Kier molecular flexibility index (Phi) is 1.98. The van der Waals surface area contributed by atoms with Gasteiger partial charge < -0.3 is 15.8 Å². The Morgan fingerprint density at radius 1 is 1.31 bits per heavy atom. The molecule has 0 radical (unpaired) electrons. The number of hydrogen-bond acceptors (Lipinski definition) is 2. The number of H-pyrrole nitrogens is 1.